The number of fused-ring (bicyclic) bond motifs is 10. The zero-order chi connectivity index (χ0) is 43.2. The van der Waals surface area contributed by atoms with Gasteiger partial charge in [-0.2, -0.15) is 0 Å². The lowest BCUT2D eigenvalue weighted by atomic mass is 9.45. The van der Waals surface area contributed by atoms with Crippen LogP contribution in [-0.4, -0.2) is 90.4 Å². The minimum Gasteiger partial charge on any atom is -0.393 e. The summed E-state index contributed by atoms with van der Waals surface area (Å²) in [5, 5.41) is 64.1. The van der Waals surface area contributed by atoms with Crippen molar-refractivity contribution in [1.29, 1.82) is 0 Å². The molecule has 0 aromatic rings. The average molecular weight is 731 g/mol. The molecule has 0 aliphatic heterocycles. The molecule has 16 atom stereocenters. The van der Waals surface area contributed by atoms with Gasteiger partial charge in [0.2, 0.25) is 0 Å². The Morgan fingerprint density at radius 1 is 0.769 bits per heavy atom. The fourth-order valence-corrected chi connectivity index (χ4v) is 13.1. The highest BCUT2D eigenvalue weighted by Crippen LogP contribution is 2.69. The molecule has 0 spiro atoms. The van der Waals surface area contributed by atoms with Crippen molar-refractivity contribution in [3.05, 3.63) is 23.3 Å². The van der Waals surface area contributed by atoms with Crippen molar-refractivity contribution in [2.24, 2.45) is 57.1 Å². The monoisotopic (exact) mass is 730 g/mol. The molecule has 10 nitrogen and oxygen atoms in total. The molecule has 8 rings (SSSR count). The van der Waals surface area contributed by atoms with E-state index in [2.05, 4.69) is 0 Å². The van der Waals surface area contributed by atoms with Gasteiger partial charge in [0.05, 0.1) is 13.6 Å². The number of aliphatic hydroxyl groups is 6. The summed E-state index contributed by atoms with van der Waals surface area (Å²) in [6, 6.07) is 0. The van der Waals surface area contributed by atoms with Crippen LogP contribution >= 0.6 is 0 Å². The van der Waals surface area contributed by atoms with Gasteiger partial charge in [-0.15, -0.1) is 0 Å². The molecule has 0 saturated heterocycles. The Hall–Kier alpha value is -2.08. The Labute approximate surface area is 315 Å². The van der Waals surface area contributed by atoms with Crippen LogP contribution in [0.2, 0.25) is 0 Å². The molecule has 0 heterocycles. The van der Waals surface area contributed by atoms with E-state index in [9.17, 15) is 51.2 Å². The largest absolute Gasteiger partial charge is 0.393 e. The van der Waals surface area contributed by atoms with Gasteiger partial charge >= 0.3 is 0 Å². The topological polar surface area (TPSA) is 190 Å². The summed E-state index contributed by atoms with van der Waals surface area (Å²) in [7, 11) is 0. The number of carbonyl (C=O) groups excluding carboxylic acids is 4. The predicted molar refractivity (Wildman–Crippen MR) is 190 cm³/mol. The number of hydrogen-bond acceptors (Lipinski definition) is 10. The van der Waals surface area contributed by atoms with E-state index in [0.29, 0.717) is 31.3 Å². The molecule has 6 fully saturated rings. The van der Waals surface area contributed by atoms with E-state index in [4.69, 9.17) is 6.85 Å². The van der Waals surface area contributed by atoms with Crippen molar-refractivity contribution in [3.63, 3.8) is 0 Å². The van der Waals surface area contributed by atoms with Crippen LogP contribution in [0.5, 0.6) is 0 Å². The van der Waals surface area contributed by atoms with Gasteiger partial charge in [0, 0.05) is 30.5 Å². The lowest BCUT2D eigenvalue weighted by molar-refractivity contribution is -0.182. The highest BCUT2D eigenvalue weighted by molar-refractivity contribution is 5.92. The number of hydrogen-bond donors (Lipinski definition) is 6. The molecule has 288 valence electrons. The summed E-state index contributed by atoms with van der Waals surface area (Å²) in [6.07, 6.45) is -1.77. The van der Waals surface area contributed by atoms with Crippen LogP contribution in [-0.2, 0) is 19.2 Å². The number of carbonyl (C=O) groups is 4. The van der Waals surface area contributed by atoms with Crippen LogP contribution in [0.3, 0.4) is 0 Å². The van der Waals surface area contributed by atoms with Gasteiger partial charge in [0.25, 0.3) is 0 Å². The Kier molecular flexibility index (Phi) is 7.63. The van der Waals surface area contributed by atoms with Crippen LogP contribution in [0.1, 0.15) is 126 Å². The Bertz CT molecular complexity index is 1870. The lowest BCUT2D eigenvalue weighted by Crippen LogP contribution is -2.62. The number of ketones is 4. The second kappa shape index (κ2) is 12.7. The first-order chi connectivity index (χ1) is 26.7. The van der Waals surface area contributed by atoms with Crippen LogP contribution < -0.4 is 0 Å². The standard InChI is InChI=1S/2C21H30O5/c2*1-19-7-5-13(23)9-12(19)3-4-14-15-6-8-21(26,17(25)11-22)20(15,2)10-16(24)18(14)19/h2*9,14-16,18,22,24,26H,3-8,10-11H2,1-2H3/i10D2,16D,18D;5D,7D. The summed E-state index contributed by atoms with van der Waals surface area (Å²) in [4.78, 5) is 49.1. The summed E-state index contributed by atoms with van der Waals surface area (Å²) >= 11 is 0. The van der Waals surface area contributed by atoms with E-state index in [1.54, 1.807) is 6.92 Å². The Balaban J connectivity index is 0.000000177. The molecule has 0 radical (unpaired) electrons. The molecule has 6 N–H and O–H groups in total. The van der Waals surface area contributed by atoms with Crippen LogP contribution in [0.25, 0.3) is 0 Å². The molecule has 0 bridgehead atoms. The van der Waals surface area contributed by atoms with E-state index in [-0.39, 0.29) is 67.8 Å². The molecular formula is C42H60O10. The summed E-state index contributed by atoms with van der Waals surface area (Å²) < 4.78 is 53.0. The van der Waals surface area contributed by atoms with Gasteiger partial charge in [-0.3, -0.25) is 19.2 Å². The van der Waals surface area contributed by atoms with E-state index in [1.165, 1.54) is 19.1 Å². The molecule has 16 unspecified atom stereocenters. The zero-order valence-electron chi connectivity index (χ0n) is 36.8. The Morgan fingerprint density at radius 3 is 1.92 bits per heavy atom. The van der Waals surface area contributed by atoms with E-state index in [1.807, 2.05) is 13.8 Å². The number of rotatable bonds is 4. The van der Waals surface area contributed by atoms with Crippen LogP contribution in [0.4, 0.5) is 0 Å². The molecule has 52 heavy (non-hydrogen) atoms. The van der Waals surface area contributed by atoms with Gasteiger partial charge in [-0.05, 0) is 135 Å². The van der Waals surface area contributed by atoms with Crippen molar-refractivity contribution in [2.75, 3.05) is 13.2 Å². The average Bonchev–Trinajstić information content (AvgIpc) is 3.61. The van der Waals surface area contributed by atoms with Gasteiger partial charge in [0.15, 0.2) is 23.1 Å². The van der Waals surface area contributed by atoms with Gasteiger partial charge in [0.1, 0.15) is 24.4 Å². The third-order valence-corrected chi connectivity index (χ3v) is 16.0. The predicted octanol–water partition coefficient (Wildman–Crippen LogP) is 3.56. The SMILES string of the molecule is [2H]C1([2H])C([2H])(O)C2([2H])C(CCC3=CC(=O)CCC32C)C2CCC(O)(C(=O)CO)C21C.[2H]C1C(=O)C=C2CCC3C(C(O)CC4(C)C3CCC4(O)C(=O)CO)C2(C)C1[2H]. The first kappa shape index (κ1) is 31.2. The molecule has 8 aliphatic rings. The smallest absolute Gasteiger partial charge is 0.190 e. The third kappa shape index (κ3) is 5.09. The molecule has 10 heteroatoms. The number of aliphatic hydroxyl groups excluding tert-OH is 3. The molecule has 0 amide bonds. The quantitative estimate of drug-likeness (QED) is 0.250. The molecule has 8 aliphatic carbocycles. The zero-order valence-corrected chi connectivity index (χ0v) is 30.8. The first-order valence-electron chi connectivity index (χ1n) is 22.3. The Morgan fingerprint density at radius 2 is 1.31 bits per heavy atom. The molecule has 6 saturated carbocycles. The van der Waals surface area contributed by atoms with Gasteiger partial charge in [-0.1, -0.05) is 38.8 Å². The molecule has 0 aromatic heterocycles. The van der Waals surface area contributed by atoms with Crippen molar-refractivity contribution in [3.8, 4) is 0 Å². The van der Waals surface area contributed by atoms with Gasteiger partial charge in [-0.25, -0.2) is 0 Å². The fraction of sp³-hybridized carbons (Fsp3) is 0.810. The van der Waals surface area contributed by atoms with Crippen molar-refractivity contribution < 1.29 is 58.0 Å². The van der Waals surface area contributed by atoms with Crippen molar-refractivity contribution in [2.45, 2.75) is 141 Å². The maximum absolute atomic E-state index is 12.6. The second-order valence-electron chi connectivity index (χ2n) is 18.0. The minimum absolute atomic E-state index is 0.00432. The molecular weight excluding hydrogens is 664 g/mol. The second-order valence-corrected chi connectivity index (χ2v) is 18.0. The summed E-state index contributed by atoms with van der Waals surface area (Å²) in [5.74, 6) is -5.42. The minimum atomic E-state index is -2.96. The number of allylic oxidation sites excluding steroid dienone is 2. The maximum Gasteiger partial charge on any atom is 0.190 e. The maximum atomic E-state index is 12.6. The highest BCUT2D eigenvalue weighted by Gasteiger charge is 2.69. The van der Waals surface area contributed by atoms with Crippen LogP contribution in [0.15, 0.2) is 23.3 Å². The van der Waals surface area contributed by atoms with Crippen molar-refractivity contribution in [1.82, 2.24) is 0 Å². The molecule has 0 aromatic carbocycles. The van der Waals surface area contributed by atoms with Gasteiger partial charge < -0.3 is 30.6 Å². The number of Topliss-reactive ketones (excluding diaryl/α,β-unsaturated/α-hetero) is 2. The lowest BCUT2D eigenvalue weighted by Gasteiger charge is -2.60. The van der Waals surface area contributed by atoms with Crippen molar-refractivity contribution >= 4 is 23.1 Å². The summed E-state index contributed by atoms with van der Waals surface area (Å²) in [6.45, 7) is 5.20. The highest BCUT2D eigenvalue weighted by atomic mass is 16.3. The van der Waals surface area contributed by atoms with E-state index in [0.717, 1.165) is 12.0 Å². The normalized spacial score (nSPS) is 58.8. The first-order valence-corrected chi connectivity index (χ1v) is 19.2. The fourth-order valence-electron chi connectivity index (χ4n) is 13.1. The van der Waals surface area contributed by atoms with Crippen LogP contribution in [0, 0.1) is 57.1 Å². The summed E-state index contributed by atoms with van der Waals surface area (Å²) in [5.41, 5.74) is -6.83. The van der Waals surface area contributed by atoms with E-state index >= 15 is 0 Å². The third-order valence-electron chi connectivity index (χ3n) is 16.0. The van der Waals surface area contributed by atoms with E-state index < -0.39 is 107 Å².